The number of ketones is 1. The third-order valence-corrected chi connectivity index (χ3v) is 4.79. The summed E-state index contributed by atoms with van der Waals surface area (Å²) in [7, 11) is 0. The maximum atomic E-state index is 11.8. The Morgan fingerprint density at radius 1 is 1.29 bits per heavy atom. The fraction of sp³-hybridized carbons (Fsp3) is 0.619. The number of carbonyl (C=O) groups is 2. The van der Waals surface area contributed by atoms with E-state index in [0.717, 1.165) is 5.57 Å². The van der Waals surface area contributed by atoms with Crippen LogP contribution in [0.4, 0.5) is 0 Å². The van der Waals surface area contributed by atoms with E-state index in [0.29, 0.717) is 13.0 Å². The summed E-state index contributed by atoms with van der Waals surface area (Å²) in [4.78, 5) is 23.5. The molecule has 0 saturated heterocycles. The molecule has 0 fully saturated rings. The Morgan fingerprint density at radius 2 is 1.96 bits per heavy atom. The van der Waals surface area contributed by atoms with Crippen LogP contribution >= 0.6 is 0 Å². The van der Waals surface area contributed by atoms with Gasteiger partial charge < -0.3 is 4.74 Å². The minimum atomic E-state index is -0.694. The molecule has 0 heterocycles. The molecule has 0 aromatic carbocycles. The Balaban J connectivity index is 2.82. The van der Waals surface area contributed by atoms with Gasteiger partial charge in [0.15, 0.2) is 0 Å². The van der Waals surface area contributed by atoms with Crippen molar-refractivity contribution in [1.82, 2.24) is 0 Å². The lowest BCUT2D eigenvalue weighted by Crippen LogP contribution is -2.23. The Morgan fingerprint density at radius 3 is 2.50 bits per heavy atom. The van der Waals surface area contributed by atoms with Crippen LogP contribution in [0.15, 0.2) is 34.9 Å². The first-order chi connectivity index (χ1) is 11.2. The second-order valence-electron chi connectivity index (χ2n) is 7.36. The van der Waals surface area contributed by atoms with Crippen molar-refractivity contribution in [2.24, 2.45) is 11.3 Å². The van der Waals surface area contributed by atoms with E-state index in [1.54, 1.807) is 6.92 Å². The number of hydrogen-bond acceptors (Lipinski definition) is 3. The molecule has 0 amide bonds. The van der Waals surface area contributed by atoms with Crippen molar-refractivity contribution >= 4 is 11.8 Å². The fourth-order valence-corrected chi connectivity index (χ4v) is 3.27. The lowest BCUT2D eigenvalue weighted by atomic mass is 9.72. The highest BCUT2D eigenvalue weighted by molar-refractivity contribution is 5.97. The van der Waals surface area contributed by atoms with Gasteiger partial charge in [0.25, 0.3) is 0 Å². The van der Waals surface area contributed by atoms with Gasteiger partial charge in [-0.05, 0) is 64.4 Å². The Bertz CT molecular complexity index is 562. The molecule has 3 heteroatoms. The van der Waals surface area contributed by atoms with Gasteiger partial charge in [-0.3, -0.25) is 9.59 Å². The highest BCUT2D eigenvalue weighted by atomic mass is 16.5. The van der Waals surface area contributed by atoms with Gasteiger partial charge >= 0.3 is 5.97 Å². The monoisotopic (exact) mass is 332 g/mol. The van der Waals surface area contributed by atoms with E-state index in [1.165, 1.54) is 37.3 Å². The van der Waals surface area contributed by atoms with Crippen LogP contribution in [0.3, 0.4) is 0 Å². The number of rotatable bonds is 7. The van der Waals surface area contributed by atoms with Crippen molar-refractivity contribution in [3.63, 3.8) is 0 Å². The minimum absolute atomic E-state index is 0.145. The maximum Gasteiger partial charge on any atom is 0.316 e. The van der Waals surface area contributed by atoms with Crippen molar-refractivity contribution in [2.75, 3.05) is 6.61 Å². The van der Waals surface area contributed by atoms with E-state index in [2.05, 4.69) is 32.9 Å². The first kappa shape index (κ1) is 20.4. The number of allylic oxidation sites excluding steroid dienone is 6. The normalized spacial score (nSPS) is 19.5. The van der Waals surface area contributed by atoms with E-state index >= 15 is 0 Å². The van der Waals surface area contributed by atoms with E-state index in [1.807, 2.05) is 13.0 Å². The molecule has 3 nitrogen and oxygen atoms in total. The average molecular weight is 332 g/mol. The second-order valence-corrected chi connectivity index (χ2v) is 7.36. The lowest BCUT2D eigenvalue weighted by Gasteiger charge is -2.32. The molecular formula is C21H32O3. The molecule has 0 bridgehead atoms. The van der Waals surface area contributed by atoms with Crippen molar-refractivity contribution in [2.45, 2.75) is 67.2 Å². The van der Waals surface area contributed by atoms with Crippen LogP contribution < -0.4 is 0 Å². The molecule has 0 radical (unpaired) electrons. The Kier molecular flexibility index (Phi) is 7.65. The van der Waals surface area contributed by atoms with Gasteiger partial charge in [0, 0.05) is 0 Å². The first-order valence-electron chi connectivity index (χ1n) is 8.91. The van der Waals surface area contributed by atoms with Crippen molar-refractivity contribution < 1.29 is 14.3 Å². The zero-order valence-corrected chi connectivity index (χ0v) is 16.1. The molecule has 1 atom stereocenters. The molecule has 134 valence electrons. The number of ether oxygens (including phenoxy) is 1. The fourth-order valence-electron chi connectivity index (χ4n) is 3.27. The zero-order chi connectivity index (χ0) is 18.3. The van der Waals surface area contributed by atoms with Gasteiger partial charge in [-0.1, -0.05) is 43.2 Å². The molecule has 0 aliphatic heterocycles. The molecule has 0 N–H and O–H groups in total. The Hall–Kier alpha value is -1.64. The summed E-state index contributed by atoms with van der Waals surface area (Å²) in [5, 5.41) is 0. The standard InChI is InChI=1S/C21H32O3/c1-7-24-20(23)18(17(4)22)12-10-15(2)11-13-19-16(3)9-8-14-21(19,5)6/h10-11,13,18H,7-9,12,14H2,1-6H3. The van der Waals surface area contributed by atoms with Gasteiger partial charge in [0.1, 0.15) is 11.7 Å². The van der Waals surface area contributed by atoms with Crippen LogP contribution in [-0.4, -0.2) is 18.4 Å². The van der Waals surface area contributed by atoms with E-state index in [9.17, 15) is 9.59 Å². The summed E-state index contributed by atoms with van der Waals surface area (Å²) in [6.45, 7) is 12.3. The van der Waals surface area contributed by atoms with Crippen LogP contribution in [0, 0.1) is 11.3 Å². The molecule has 1 aliphatic rings. The van der Waals surface area contributed by atoms with E-state index in [-0.39, 0.29) is 11.2 Å². The van der Waals surface area contributed by atoms with Crippen LogP contribution in [0.2, 0.25) is 0 Å². The Labute approximate surface area is 146 Å². The molecule has 0 aromatic heterocycles. The number of carbonyl (C=O) groups excluding carboxylic acids is 2. The van der Waals surface area contributed by atoms with Crippen LogP contribution in [-0.2, 0) is 14.3 Å². The first-order valence-corrected chi connectivity index (χ1v) is 8.91. The number of hydrogen-bond donors (Lipinski definition) is 0. The third-order valence-electron chi connectivity index (χ3n) is 4.79. The molecule has 0 saturated carbocycles. The molecule has 0 aromatic rings. The quantitative estimate of drug-likeness (QED) is 0.367. The highest BCUT2D eigenvalue weighted by Crippen LogP contribution is 2.40. The van der Waals surface area contributed by atoms with E-state index < -0.39 is 11.9 Å². The van der Waals surface area contributed by atoms with Gasteiger partial charge in [-0.15, -0.1) is 0 Å². The van der Waals surface area contributed by atoms with Gasteiger partial charge in [0.2, 0.25) is 0 Å². The molecule has 1 unspecified atom stereocenters. The molecule has 1 aliphatic carbocycles. The molecular weight excluding hydrogens is 300 g/mol. The average Bonchev–Trinajstić information content (AvgIpc) is 2.46. The van der Waals surface area contributed by atoms with Gasteiger partial charge in [-0.25, -0.2) is 0 Å². The maximum absolute atomic E-state index is 11.8. The lowest BCUT2D eigenvalue weighted by molar-refractivity contribution is -0.150. The largest absolute Gasteiger partial charge is 0.465 e. The summed E-state index contributed by atoms with van der Waals surface area (Å²) in [5.74, 6) is -1.26. The SMILES string of the molecule is CCOC(=O)C(CC=C(C)C=CC1=C(C)CCCC1(C)C)C(C)=O. The zero-order valence-electron chi connectivity index (χ0n) is 16.1. The van der Waals surface area contributed by atoms with Crippen molar-refractivity contribution in [3.8, 4) is 0 Å². The summed E-state index contributed by atoms with van der Waals surface area (Å²) in [5.41, 5.74) is 4.15. The second kappa shape index (κ2) is 9.00. The predicted octanol–water partition coefficient (Wildman–Crippen LogP) is 5.17. The van der Waals surface area contributed by atoms with Crippen LogP contribution in [0.5, 0.6) is 0 Å². The highest BCUT2D eigenvalue weighted by Gasteiger charge is 2.26. The predicted molar refractivity (Wildman–Crippen MR) is 98.7 cm³/mol. The smallest absolute Gasteiger partial charge is 0.316 e. The summed E-state index contributed by atoms with van der Waals surface area (Å²) >= 11 is 0. The van der Waals surface area contributed by atoms with Crippen molar-refractivity contribution in [3.05, 3.63) is 34.9 Å². The van der Waals surface area contributed by atoms with Crippen LogP contribution in [0.1, 0.15) is 67.2 Å². The third kappa shape index (κ3) is 5.77. The number of Topliss-reactive ketones (excluding diaryl/α,β-unsaturated/α-hetero) is 1. The van der Waals surface area contributed by atoms with E-state index in [4.69, 9.17) is 4.74 Å². The number of esters is 1. The molecule has 0 spiro atoms. The van der Waals surface area contributed by atoms with Gasteiger partial charge in [0.05, 0.1) is 6.61 Å². The van der Waals surface area contributed by atoms with Gasteiger partial charge in [-0.2, -0.15) is 0 Å². The van der Waals surface area contributed by atoms with Crippen molar-refractivity contribution in [1.29, 1.82) is 0 Å². The molecule has 1 rings (SSSR count). The topological polar surface area (TPSA) is 43.4 Å². The summed E-state index contributed by atoms with van der Waals surface area (Å²) in [6, 6.07) is 0. The minimum Gasteiger partial charge on any atom is -0.465 e. The summed E-state index contributed by atoms with van der Waals surface area (Å²) < 4.78 is 4.98. The van der Waals surface area contributed by atoms with Crippen LogP contribution in [0.25, 0.3) is 0 Å². The molecule has 24 heavy (non-hydrogen) atoms. The summed E-state index contributed by atoms with van der Waals surface area (Å²) in [6.07, 6.45) is 10.3.